The van der Waals surface area contributed by atoms with Gasteiger partial charge in [0.1, 0.15) is 5.82 Å². The topological polar surface area (TPSA) is 78.4 Å². The fourth-order valence-corrected chi connectivity index (χ4v) is 4.76. The number of carbonyl (C=O) groups is 2. The summed E-state index contributed by atoms with van der Waals surface area (Å²) in [5.41, 5.74) is 2.44. The van der Waals surface area contributed by atoms with Gasteiger partial charge < -0.3 is 15.1 Å². The number of nitrogens with zero attached hydrogens (tertiary/aromatic N) is 4. The van der Waals surface area contributed by atoms with E-state index in [0.29, 0.717) is 37.7 Å². The molecule has 0 bridgehead atoms. The molecule has 2 aliphatic heterocycles. The summed E-state index contributed by atoms with van der Waals surface area (Å²) in [6, 6.07) is 18.2. The van der Waals surface area contributed by atoms with E-state index in [0.717, 1.165) is 24.3 Å². The molecule has 7 nitrogen and oxygen atoms in total. The van der Waals surface area contributed by atoms with Gasteiger partial charge in [-0.2, -0.15) is 5.10 Å². The second kappa shape index (κ2) is 10.2. The van der Waals surface area contributed by atoms with Crippen LogP contribution in [0, 0.1) is 11.7 Å². The minimum Gasteiger partial charge on any atom is -0.353 e. The van der Waals surface area contributed by atoms with Crippen LogP contribution in [0.15, 0.2) is 66.9 Å². The third-order valence-corrected chi connectivity index (χ3v) is 6.93. The lowest BCUT2D eigenvalue weighted by Crippen LogP contribution is -2.52. The van der Waals surface area contributed by atoms with Crippen molar-refractivity contribution >= 4 is 23.3 Å². The number of halogens is 1. The van der Waals surface area contributed by atoms with Crippen molar-refractivity contribution in [3.8, 4) is 0 Å². The Morgan fingerprint density at radius 2 is 1.71 bits per heavy atom. The van der Waals surface area contributed by atoms with Gasteiger partial charge in [0.25, 0.3) is 0 Å². The molecule has 2 amide bonds. The Balaban J connectivity index is 1.08. The van der Waals surface area contributed by atoms with Crippen molar-refractivity contribution in [3.05, 3.63) is 83.8 Å². The van der Waals surface area contributed by atoms with E-state index in [-0.39, 0.29) is 30.0 Å². The van der Waals surface area contributed by atoms with Gasteiger partial charge in [0.05, 0.1) is 12.3 Å². The van der Waals surface area contributed by atoms with Crippen LogP contribution >= 0.6 is 0 Å². The Labute approximate surface area is 204 Å². The number of amides is 2. The lowest BCUT2D eigenvalue weighted by atomic mass is 9.89. The van der Waals surface area contributed by atoms with Crippen molar-refractivity contribution in [1.29, 1.82) is 0 Å². The molecule has 3 heterocycles. The maximum Gasteiger partial charge on any atom is 0.231 e. The van der Waals surface area contributed by atoms with Crippen LogP contribution in [0.2, 0.25) is 0 Å². The van der Waals surface area contributed by atoms with Crippen molar-refractivity contribution in [2.24, 2.45) is 5.92 Å². The fraction of sp³-hybridized carbons (Fsp3) is 0.333. The van der Waals surface area contributed by atoms with Crippen LogP contribution in [0.5, 0.6) is 0 Å². The molecule has 0 aliphatic carbocycles. The third kappa shape index (κ3) is 5.31. The molecule has 1 aromatic heterocycles. The summed E-state index contributed by atoms with van der Waals surface area (Å²) in [4.78, 5) is 29.0. The van der Waals surface area contributed by atoms with Gasteiger partial charge >= 0.3 is 0 Å². The number of rotatable bonds is 6. The third-order valence-electron chi connectivity index (χ3n) is 6.93. The van der Waals surface area contributed by atoms with E-state index >= 15 is 0 Å². The van der Waals surface area contributed by atoms with Crippen molar-refractivity contribution in [1.82, 2.24) is 15.1 Å². The van der Waals surface area contributed by atoms with Crippen LogP contribution in [0.1, 0.15) is 29.9 Å². The van der Waals surface area contributed by atoms with E-state index in [1.54, 1.807) is 24.4 Å². The fourth-order valence-electron chi connectivity index (χ4n) is 4.76. The minimum absolute atomic E-state index is 0.0135. The number of likely N-dealkylation sites (tertiary alicyclic amines) is 1. The standard InChI is InChI=1S/C27H28FN5O2/c28-24-5-2-1-4-21(24)16-26(34)32-14-11-20(12-15-32)19-7-9-23(10-8-19)30-27(35)22-17-33(18-22)25-6-3-13-29-31-25/h1-10,13,20,22H,11-12,14-18H2,(H,30,35). The highest BCUT2D eigenvalue weighted by molar-refractivity contribution is 5.94. The lowest BCUT2D eigenvalue weighted by Gasteiger charge is -2.38. The van der Waals surface area contributed by atoms with Gasteiger partial charge in [0.15, 0.2) is 5.82 Å². The number of nitrogens with one attached hydrogen (secondary N) is 1. The highest BCUT2D eigenvalue weighted by Crippen LogP contribution is 2.30. The molecule has 2 fully saturated rings. The molecule has 0 unspecified atom stereocenters. The van der Waals surface area contributed by atoms with Gasteiger partial charge in [-0.15, -0.1) is 5.10 Å². The zero-order chi connectivity index (χ0) is 24.2. The molecule has 35 heavy (non-hydrogen) atoms. The average molecular weight is 474 g/mol. The first kappa shape index (κ1) is 23.0. The second-order valence-electron chi connectivity index (χ2n) is 9.22. The second-order valence-corrected chi connectivity index (χ2v) is 9.22. The normalized spacial score (nSPS) is 16.6. The molecule has 1 N–H and O–H groups in total. The molecule has 0 saturated carbocycles. The van der Waals surface area contributed by atoms with E-state index in [4.69, 9.17) is 0 Å². The van der Waals surface area contributed by atoms with E-state index in [1.165, 1.54) is 11.6 Å². The van der Waals surface area contributed by atoms with Gasteiger partial charge in [-0.05, 0) is 60.2 Å². The first-order chi connectivity index (χ1) is 17.1. The Morgan fingerprint density at radius 3 is 2.40 bits per heavy atom. The van der Waals surface area contributed by atoms with Gasteiger partial charge in [-0.1, -0.05) is 30.3 Å². The molecule has 2 saturated heterocycles. The number of carbonyl (C=O) groups excluding carboxylic acids is 2. The Morgan fingerprint density at radius 1 is 0.971 bits per heavy atom. The molecule has 2 aliphatic rings. The van der Waals surface area contributed by atoms with Crippen LogP contribution in [0.4, 0.5) is 15.9 Å². The lowest BCUT2D eigenvalue weighted by molar-refractivity contribution is -0.131. The van der Waals surface area contributed by atoms with Crippen molar-refractivity contribution < 1.29 is 14.0 Å². The highest BCUT2D eigenvalue weighted by Gasteiger charge is 2.33. The monoisotopic (exact) mass is 473 g/mol. The maximum atomic E-state index is 13.9. The Kier molecular flexibility index (Phi) is 6.70. The number of aromatic nitrogens is 2. The van der Waals surface area contributed by atoms with Crippen LogP contribution in [0.3, 0.4) is 0 Å². The largest absolute Gasteiger partial charge is 0.353 e. The predicted molar refractivity (Wildman–Crippen MR) is 131 cm³/mol. The SMILES string of the molecule is O=C(Nc1ccc(C2CCN(C(=O)Cc3ccccc3F)CC2)cc1)C1CN(c2cccnn2)C1. The zero-order valence-electron chi connectivity index (χ0n) is 19.4. The summed E-state index contributed by atoms with van der Waals surface area (Å²) < 4.78 is 13.9. The van der Waals surface area contributed by atoms with E-state index in [1.807, 2.05) is 34.1 Å². The highest BCUT2D eigenvalue weighted by atomic mass is 19.1. The molecule has 3 aromatic rings. The van der Waals surface area contributed by atoms with Gasteiger partial charge in [-0.3, -0.25) is 9.59 Å². The summed E-state index contributed by atoms with van der Waals surface area (Å²) in [7, 11) is 0. The summed E-state index contributed by atoms with van der Waals surface area (Å²) in [5, 5.41) is 11.0. The molecule has 0 radical (unpaired) electrons. The molecule has 8 heteroatoms. The van der Waals surface area contributed by atoms with Crippen molar-refractivity contribution in [3.63, 3.8) is 0 Å². The summed E-state index contributed by atoms with van der Waals surface area (Å²) >= 11 is 0. The predicted octanol–water partition coefficient (Wildman–Crippen LogP) is 3.64. The first-order valence-corrected chi connectivity index (χ1v) is 12.0. The van der Waals surface area contributed by atoms with Gasteiger partial charge in [0.2, 0.25) is 11.8 Å². The molecule has 2 aromatic carbocycles. The Hall–Kier alpha value is -3.81. The average Bonchev–Trinajstić information content (AvgIpc) is 2.86. The number of benzene rings is 2. The van der Waals surface area contributed by atoms with Crippen molar-refractivity contribution in [2.45, 2.75) is 25.2 Å². The number of anilines is 2. The zero-order valence-corrected chi connectivity index (χ0v) is 19.4. The smallest absolute Gasteiger partial charge is 0.231 e. The van der Waals surface area contributed by atoms with Crippen LogP contribution in [-0.2, 0) is 16.0 Å². The molecule has 0 atom stereocenters. The van der Waals surface area contributed by atoms with Crippen LogP contribution in [-0.4, -0.2) is 53.1 Å². The quantitative estimate of drug-likeness (QED) is 0.592. The number of hydrogen-bond donors (Lipinski definition) is 1. The number of hydrogen-bond acceptors (Lipinski definition) is 5. The minimum atomic E-state index is -0.331. The first-order valence-electron chi connectivity index (χ1n) is 12.0. The van der Waals surface area contributed by atoms with E-state index in [2.05, 4.69) is 27.6 Å². The molecule has 5 rings (SSSR count). The maximum absolute atomic E-state index is 13.9. The van der Waals surface area contributed by atoms with Crippen LogP contribution < -0.4 is 10.2 Å². The Bertz CT molecular complexity index is 1170. The van der Waals surface area contributed by atoms with Gasteiger partial charge in [0, 0.05) is 38.1 Å². The van der Waals surface area contributed by atoms with Crippen molar-refractivity contribution in [2.75, 3.05) is 36.4 Å². The number of piperidine rings is 1. The molecule has 0 spiro atoms. The molecular formula is C27H28FN5O2. The molecular weight excluding hydrogens is 445 g/mol. The van der Waals surface area contributed by atoms with E-state index in [9.17, 15) is 14.0 Å². The van der Waals surface area contributed by atoms with Crippen LogP contribution in [0.25, 0.3) is 0 Å². The van der Waals surface area contributed by atoms with Gasteiger partial charge in [-0.25, -0.2) is 4.39 Å². The summed E-state index contributed by atoms with van der Waals surface area (Å²) in [6.07, 6.45) is 3.47. The summed E-state index contributed by atoms with van der Waals surface area (Å²) in [5.74, 6) is 0.747. The van der Waals surface area contributed by atoms with E-state index < -0.39 is 0 Å². The summed E-state index contributed by atoms with van der Waals surface area (Å²) in [6.45, 7) is 2.61. The molecule has 180 valence electrons.